The van der Waals surface area contributed by atoms with Gasteiger partial charge in [0.25, 0.3) is 11.5 Å². The second kappa shape index (κ2) is 12.1. The third-order valence-electron chi connectivity index (χ3n) is 8.36. The summed E-state index contributed by atoms with van der Waals surface area (Å²) in [4.78, 5) is 40.0. The summed E-state index contributed by atoms with van der Waals surface area (Å²) >= 11 is 0. The maximum absolute atomic E-state index is 13.2. The molecule has 0 bridgehead atoms. The van der Waals surface area contributed by atoms with E-state index in [0.717, 1.165) is 70.3 Å². The number of halogens is 1. The summed E-state index contributed by atoms with van der Waals surface area (Å²) in [5.41, 5.74) is 2.58. The van der Waals surface area contributed by atoms with E-state index in [1.165, 1.54) is 16.8 Å². The van der Waals surface area contributed by atoms with E-state index in [4.69, 9.17) is 0 Å². The molecular formula is C31H37FN4O3. The molecule has 2 aromatic carbocycles. The number of benzene rings is 2. The average Bonchev–Trinajstić information content (AvgIpc) is 3.30. The van der Waals surface area contributed by atoms with E-state index in [-0.39, 0.29) is 35.0 Å². The molecule has 1 aliphatic heterocycles. The largest absolute Gasteiger partial charge is 0.349 e. The lowest BCUT2D eigenvalue weighted by Gasteiger charge is -2.34. The summed E-state index contributed by atoms with van der Waals surface area (Å²) in [5.74, 6) is 0.447. The number of ketones is 1. The van der Waals surface area contributed by atoms with E-state index in [1.807, 2.05) is 6.92 Å². The fourth-order valence-electron chi connectivity index (χ4n) is 5.97. The molecule has 0 spiro atoms. The highest BCUT2D eigenvalue weighted by atomic mass is 19.1. The second-order valence-corrected chi connectivity index (χ2v) is 11.1. The Bertz CT molecular complexity index is 1330. The number of hydrogen-bond acceptors (Lipinski definition) is 4. The summed E-state index contributed by atoms with van der Waals surface area (Å²) in [5, 5.41) is 6.19. The fraction of sp³-hybridized carbons (Fsp3) is 0.452. The fourth-order valence-corrected chi connectivity index (χ4v) is 5.97. The van der Waals surface area contributed by atoms with Gasteiger partial charge in [0.05, 0.1) is 5.69 Å². The molecule has 206 valence electrons. The Kier molecular flexibility index (Phi) is 8.41. The zero-order valence-corrected chi connectivity index (χ0v) is 22.5. The third kappa shape index (κ3) is 6.74. The summed E-state index contributed by atoms with van der Waals surface area (Å²) in [7, 11) is 0. The molecule has 7 nitrogen and oxygen atoms in total. The van der Waals surface area contributed by atoms with Crippen LogP contribution < -0.4 is 10.9 Å². The Hall–Kier alpha value is -3.52. The number of amides is 1. The van der Waals surface area contributed by atoms with Crippen molar-refractivity contribution in [2.45, 2.75) is 57.9 Å². The maximum Gasteiger partial charge on any atom is 0.271 e. The number of aromatic amines is 1. The number of carbonyl (C=O) groups excluding carboxylic acids is 2. The standard InChI is InChI=1S/C31H37FN4O3/c1-21-20-29(37)36(34-21)28-12-6-25(7-13-28)31(39)33-27-10-2-22(3-11-27)14-17-35-18-15-24(16-19-35)30(38)23-4-8-26(32)9-5-23/h4-9,12-13,20,22,24,27,34H,2-3,10-11,14-19H2,1H3,(H,33,39). The minimum Gasteiger partial charge on any atom is -0.349 e. The Morgan fingerprint density at radius 3 is 2.18 bits per heavy atom. The quantitative estimate of drug-likeness (QED) is 0.405. The molecule has 2 heterocycles. The lowest BCUT2D eigenvalue weighted by Crippen LogP contribution is -2.39. The molecule has 8 heteroatoms. The van der Waals surface area contributed by atoms with Crippen LogP contribution in [0.25, 0.3) is 5.69 Å². The molecule has 2 N–H and O–H groups in total. The zero-order chi connectivity index (χ0) is 27.4. The first-order valence-electron chi connectivity index (χ1n) is 14.1. The first-order valence-corrected chi connectivity index (χ1v) is 14.1. The maximum atomic E-state index is 13.2. The molecule has 0 atom stereocenters. The molecule has 3 aromatic rings. The molecule has 0 unspecified atom stereocenters. The number of piperidine rings is 1. The van der Waals surface area contributed by atoms with Crippen molar-refractivity contribution >= 4 is 11.7 Å². The number of Topliss-reactive ketones (excluding diaryl/α,β-unsaturated/α-hetero) is 1. The molecule has 2 aliphatic rings. The number of nitrogens with one attached hydrogen (secondary N) is 2. The van der Waals surface area contributed by atoms with Crippen LogP contribution in [0.2, 0.25) is 0 Å². The number of aryl methyl sites for hydroxylation is 1. The van der Waals surface area contributed by atoms with Crippen LogP contribution in [0.1, 0.15) is 71.4 Å². The van der Waals surface area contributed by atoms with Crippen LogP contribution in [0.15, 0.2) is 59.4 Å². The summed E-state index contributed by atoms with van der Waals surface area (Å²) in [6.45, 7) is 4.74. The van der Waals surface area contributed by atoms with Gasteiger partial charge in [-0.25, -0.2) is 9.07 Å². The van der Waals surface area contributed by atoms with Gasteiger partial charge in [-0.2, -0.15) is 0 Å². The average molecular weight is 533 g/mol. The van der Waals surface area contributed by atoms with Crippen molar-refractivity contribution in [3.05, 3.63) is 87.6 Å². The van der Waals surface area contributed by atoms with Gasteiger partial charge in [-0.15, -0.1) is 0 Å². The first kappa shape index (κ1) is 27.1. The molecule has 1 aromatic heterocycles. The lowest BCUT2D eigenvalue weighted by atomic mass is 9.83. The van der Waals surface area contributed by atoms with Crippen molar-refractivity contribution in [2.75, 3.05) is 19.6 Å². The Morgan fingerprint density at radius 2 is 1.56 bits per heavy atom. The summed E-state index contributed by atoms with van der Waals surface area (Å²) in [6.07, 6.45) is 7.06. The van der Waals surface area contributed by atoms with Crippen molar-refractivity contribution in [3.63, 3.8) is 0 Å². The van der Waals surface area contributed by atoms with E-state index in [9.17, 15) is 18.8 Å². The number of aromatic nitrogens is 2. The van der Waals surface area contributed by atoms with Gasteiger partial charge in [-0.3, -0.25) is 19.5 Å². The summed E-state index contributed by atoms with van der Waals surface area (Å²) < 4.78 is 14.6. The van der Waals surface area contributed by atoms with Crippen LogP contribution in [-0.4, -0.2) is 52.0 Å². The Morgan fingerprint density at radius 1 is 0.923 bits per heavy atom. The minimum atomic E-state index is -0.314. The van der Waals surface area contributed by atoms with Gasteiger partial charge in [-0.1, -0.05) is 0 Å². The highest BCUT2D eigenvalue weighted by Gasteiger charge is 2.27. The van der Waals surface area contributed by atoms with Crippen molar-refractivity contribution in [1.29, 1.82) is 0 Å². The Labute approximate surface area is 228 Å². The van der Waals surface area contributed by atoms with E-state index in [1.54, 1.807) is 42.5 Å². The number of carbonyl (C=O) groups is 2. The van der Waals surface area contributed by atoms with Crippen molar-refractivity contribution in [3.8, 4) is 5.69 Å². The summed E-state index contributed by atoms with van der Waals surface area (Å²) in [6, 6.07) is 14.7. The predicted octanol–water partition coefficient (Wildman–Crippen LogP) is 4.89. The monoisotopic (exact) mass is 532 g/mol. The third-order valence-corrected chi connectivity index (χ3v) is 8.36. The molecule has 1 saturated carbocycles. The van der Waals surface area contributed by atoms with E-state index < -0.39 is 0 Å². The van der Waals surface area contributed by atoms with Crippen molar-refractivity contribution in [2.24, 2.45) is 11.8 Å². The minimum absolute atomic E-state index is 0.0301. The van der Waals surface area contributed by atoms with Crippen LogP contribution in [0.5, 0.6) is 0 Å². The van der Waals surface area contributed by atoms with Gasteiger partial charge in [0, 0.05) is 34.8 Å². The number of H-pyrrole nitrogens is 1. The molecule has 5 rings (SSSR count). The van der Waals surface area contributed by atoms with E-state index in [0.29, 0.717) is 22.7 Å². The first-order chi connectivity index (χ1) is 18.9. The lowest BCUT2D eigenvalue weighted by molar-refractivity contribution is 0.0832. The van der Waals surface area contributed by atoms with Crippen LogP contribution in [0.4, 0.5) is 4.39 Å². The number of hydrogen-bond donors (Lipinski definition) is 2. The van der Waals surface area contributed by atoms with Crippen LogP contribution in [0, 0.1) is 24.6 Å². The zero-order valence-electron chi connectivity index (χ0n) is 22.5. The second-order valence-electron chi connectivity index (χ2n) is 11.1. The van der Waals surface area contributed by atoms with Gasteiger partial charge in [0.15, 0.2) is 5.78 Å². The smallest absolute Gasteiger partial charge is 0.271 e. The van der Waals surface area contributed by atoms with Crippen LogP contribution >= 0.6 is 0 Å². The van der Waals surface area contributed by atoms with E-state index >= 15 is 0 Å². The highest BCUT2D eigenvalue weighted by Crippen LogP contribution is 2.29. The van der Waals surface area contributed by atoms with Gasteiger partial charge in [-0.05, 0) is 126 Å². The topological polar surface area (TPSA) is 87.2 Å². The van der Waals surface area contributed by atoms with E-state index in [2.05, 4.69) is 15.3 Å². The van der Waals surface area contributed by atoms with Gasteiger partial charge in [0.1, 0.15) is 5.82 Å². The molecule has 0 radical (unpaired) electrons. The molecule has 39 heavy (non-hydrogen) atoms. The molecule has 1 saturated heterocycles. The van der Waals surface area contributed by atoms with Crippen molar-refractivity contribution < 1.29 is 14.0 Å². The van der Waals surface area contributed by atoms with Crippen molar-refractivity contribution in [1.82, 2.24) is 20.0 Å². The SMILES string of the molecule is Cc1cc(=O)n(-c2ccc(C(=O)NC3CCC(CCN4CCC(C(=O)c5ccc(F)cc5)CC4)CC3)cc2)[nH]1. The molecule has 2 fully saturated rings. The van der Waals surface area contributed by atoms with Gasteiger partial charge < -0.3 is 10.2 Å². The normalized spacial score (nSPS) is 20.6. The molecular weight excluding hydrogens is 495 g/mol. The molecule has 1 amide bonds. The van der Waals surface area contributed by atoms with Gasteiger partial charge in [0.2, 0.25) is 0 Å². The van der Waals surface area contributed by atoms with Gasteiger partial charge >= 0.3 is 0 Å². The van der Waals surface area contributed by atoms with Crippen LogP contribution in [-0.2, 0) is 0 Å². The number of nitrogens with zero attached hydrogens (tertiary/aromatic N) is 2. The Balaban J connectivity index is 1.01. The molecule has 1 aliphatic carbocycles. The number of rotatable bonds is 8. The highest BCUT2D eigenvalue weighted by molar-refractivity contribution is 5.97. The number of likely N-dealkylation sites (tertiary alicyclic amines) is 1. The van der Waals surface area contributed by atoms with Crippen LogP contribution in [0.3, 0.4) is 0 Å². The predicted molar refractivity (Wildman–Crippen MR) is 149 cm³/mol.